The van der Waals surface area contributed by atoms with E-state index >= 15 is 0 Å². The van der Waals surface area contributed by atoms with Crippen molar-refractivity contribution in [2.45, 2.75) is 19.9 Å². The predicted molar refractivity (Wildman–Crippen MR) is 69.1 cm³/mol. The average molecular weight is 289 g/mol. The first-order valence-corrected chi connectivity index (χ1v) is 6.53. The molecule has 1 N–H and O–H groups in total. The van der Waals surface area contributed by atoms with Crippen molar-refractivity contribution in [1.29, 1.82) is 0 Å². The van der Waals surface area contributed by atoms with Crippen LogP contribution in [0.1, 0.15) is 17.4 Å². The zero-order chi connectivity index (χ0) is 13.3. The van der Waals surface area contributed by atoms with E-state index in [2.05, 4.69) is 4.98 Å². The molecule has 2 heterocycles. The number of halogens is 2. The highest BCUT2D eigenvalue weighted by molar-refractivity contribution is 7.10. The highest BCUT2D eigenvalue weighted by Gasteiger charge is 2.14. The first-order chi connectivity index (χ1) is 8.54. The largest absolute Gasteiger partial charge is 0.329 e. The lowest BCUT2D eigenvalue weighted by Crippen LogP contribution is -2.37. The van der Waals surface area contributed by atoms with Crippen LogP contribution in [0.5, 0.6) is 0 Å². The predicted octanol–water partition coefficient (Wildman–Crippen LogP) is 2.00. The van der Waals surface area contributed by atoms with E-state index in [1.807, 2.05) is 18.4 Å². The number of aromatic nitrogens is 2. The van der Waals surface area contributed by atoms with Crippen LogP contribution in [0.25, 0.3) is 0 Å². The third kappa shape index (κ3) is 2.26. The van der Waals surface area contributed by atoms with E-state index in [1.165, 1.54) is 11.3 Å². The third-order valence-electron chi connectivity index (χ3n) is 2.61. The summed E-state index contributed by atoms with van der Waals surface area (Å²) >= 11 is 6.82. The van der Waals surface area contributed by atoms with E-state index in [0.29, 0.717) is 0 Å². The van der Waals surface area contributed by atoms with Crippen molar-refractivity contribution in [3.8, 4) is 0 Å². The zero-order valence-electron chi connectivity index (χ0n) is 9.50. The number of aromatic amines is 1. The highest BCUT2D eigenvalue weighted by atomic mass is 35.5. The summed E-state index contributed by atoms with van der Waals surface area (Å²) in [6, 6.07) is 1.92. The Morgan fingerprint density at radius 1 is 1.50 bits per heavy atom. The van der Waals surface area contributed by atoms with Crippen LogP contribution in [0.4, 0.5) is 4.39 Å². The van der Waals surface area contributed by atoms with Crippen molar-refractivity contribution < 1.29 is 4.39 Å². The fraction of sp³-hybridized carbons (Fsp3) is 0.273. The van der Waals surface area contributed by atoms with E-state index < -0.39 is 22.2 Å². The van der Waals surface area contributed by atoms with Gasteiger partial charge in [0.15, 0.2) is 5.15 Å². The molecular weight excluding hydrogens is 279 g/mol. The second-order valence-corrected chi connectivity index (χ2v) is 5.05. The summed E-state index contributed by atoms with van der Waals surface area (Å²) < 4.78 is 14.2. The number of nitrogens with one attached hydrogen (secondary N) is 1. The van der Waals surface area contributed by atoms with Crippen LogP contribution in [0.15, 0.2) is 21.0 Å². The van der Waals surface area contributed by atoms with Gasteiger partial charge in [0.2, 0.25) is 5.82 Å². The van der Waals surface area contributed by atoms with E-state index in [0.717, 1.165) is 21.4 Å². The molecule has 0 aromatic carbocycles. The number of nitrogens with zero attached hydrogens (tertiary/aromatic N) is 1. The SMILES string of the molecule is CCc1ccsc1Cn1c(=O)[nH]c(Cl)c(F)c1=O. The van der Waals surface area contributed by atoms with Gasteiger partial charge in [-0.1, -0.05) is 18.5 Å². The Bertz CT molecular complexity index is 689. The van der Waals surface area contributed by atoms with E-state index in [-0.39, 0.29) is 6.54 Å². The molecule has 0 bridgehead atoms. The van der Waals surface area contributed by atoms with Gasteiger partial charge in [-0.05, 0) is 23.4 Å². The lowest BCUT2D eigenvalue weighted by atomic mass is 10.2. The van der Waals surface area contributed by atoms with Gasteiger partial charge in [0.1, 0.15) is 0 Å². The van der Waals surface area contributed by atoms with Gasteiger partial charge in [-0.2, -0.15) is 4.39 Å². The Labute approximate surface area is 111 Å². The second kappa shape index (κ2) is 5.07. The number of aryl methyl sites for hydroxylation is 1. The van der Waals surface area contributed by atoms with Gasteiger partial charge in [0, 0.05) is 4.88 Å². The Kier molecular flexibility index (Phi) is 3.68. The molecule has 18 heavy (non-hydrogen) atoms. The molecule has 0 radical (unpaired) electrons. The molecule has 0 fully saturated rings. The summed E-state index contributed by atoms with van der Waals surface area (Å²) in [6.07, 6.45) is 0.793. The fourth-order valence-corrected chi connectivity index (χ4v) is 2.75. The van der Waals surface area contributed by atoms with Crippen LogP contribution in [0.3, 0.4) is 0 Å². The first kappa shape index (κ1) is 13.0. The topological polar surface area (TPSA) is 54.9 Å². The Balaban J connectivity index is 2.51. The minimum Gasteiger partial charge on any atom is -0.295 e. The summed E-state index contributed by atoms with van der Waals surface area (Å²) in [7, 11) is 0. The van der Waals surface area contributed by atoms with Crippen molar-refractivity contribution in [1.82, 2.24) is 9.55 Å². The number of rotatable bonds is 3. The van der Waals surface area contributed by atoms with Gasteiger partial charge in [0.05, 0.1) is 6.54 Å². The number of hydrogen-bond acceptors (Lipinski definition) is 3. The maximum absolute atomic E-state index is 13.4. The molecule has 0 atom stereocenters. The molecule has 0 saturated carbocycles. The summed E-state index contributed by atoms with van der Waals surface area (Å²) in [5.41, 5.74) is -0.664. The van der Waals surface area contributed by atoms with Crippen LogP contribution < -0.4 is 11.2 Å². The second-order valence-electron chi connectivity index (χ2n) is 3.67. The maximum atomic E-state index is 13.4. The molecular formula is C11H10ClFN2O2S. The molecule has 2 rings (SSSR count). The number of hydrogen-bond donors (Lipinski definition) is 1. The van der Waals surface area contributed by atoms with Crippen LogP contribution in [-0.2, 0) is 13.0 Å². The van der Waals surface area contributed by atoms with Crippen LogP contribution in [-0.4, -0.2) is 9.55 Å². The van der Waals surface area contributed by atoms with E-state index in [9.17, 15) is 14.0 Å². The summed E-state index contributed by atoms with van der Waals surface area (Å²) in [5.74, 6) is -1.13. The smallest absolute Gasteiger partial charge is 0.295 e. The molecule has 0 unspecified atom stereocenters. The molecule has 0 aliphatic rings. The molecule has 4 nitrogen and oxygen atoms in total. The molecule has 0 spiro atoms. The molecule has 2 aromatic rings. The molecule has 0 aliphatic carbocycles. The molecule has 2 aromatic heterocycles. The van der Waals surface area contributed by atoms with Gasteiger partial charge in [0.25, 0.3) is 5.56 Å². The quantitative estimate of drug-likeness (QED) is 0.878. The standard InChI is InChI=1S/C11H10ClFN2O2S/c1-2-6-3-4-18-7(6)5-15-10(16)8(13)9(12)14-11(15)17/h3-4H,2,5H2,1H3,(H,14,17). The van der Waals surface area contributed by atoms with Crippen molar-refractivity contribution in [2.75, 3.05) is 0 Å². The van der Waals surface area contributed by atoms with E-state index in [1.54, 1.807) is 0 Å². The summed E-state index contributed by atoms with van der Waals surface area (Å²) in [5, 5.41) is 1.32. The van der Waals surface area contributed by atoms with Crippen molar-refractivity contribution in [3.05, 3.63) is 53.7 Å². The molecule has 0 aliphatic heterocycles. The minimum absolute atomic E-state index is 0.0586. The van der Waals surface area contributed by atoms with Crippen molar-refractivity contribution >= 4 is 22.9 Å². The first-order valence-electron chi connectivity index (χ1n) is 5.28. The Hall–Kier alpha value is -1.40. The minimum atomic E-state index is -1.13. The normalized spacial score (nSPS) is 10.8. The van der Waals surface area contributed by atoms with Gasteiger partial charge in [-0.25, -0.2) is 4.79 Å². The monoisotopic (exact) mass is 288 g/mol. The molecule has 7 heteroatoms. The van der Waals surface area contributed by atoms with Gasteiger partial charge >= 0.3 is 5.69 Å². The van der Waals surface area contributed by atoms with Gasteiger partial charge < -0.3 is 0 Å². The lowest BCUT2D eigenvalue weighted by Gasteiger charge is -2.05. The Morgan fingerprint density at radius 3 is 2.89 bits per heavy atom. The maximum Gasteiger partial charge on any atom is 0.329 e. The number of thiophene rings is 1. The van der Waals surface area contributed by atoms with Crippen LogP contribution in [0, 0.1) is 5.82 Å². The molecule has 96 valence electrons. The van der Waals surface area contributed by atoms with Crippen LogP contribution in [0.2, 0.25) is 5.15 Å². The lowest BCUT2D eigenvalue weighted by molar-refractivity contribution is 0.559. The van der Waals surface area contributed by atoms with Gasteiger partial charge in [-0.15, -0.1) is 11.3 Å². The van der Waals surface area contributed by atoms with Crippen LogP contribution >= 0.6 is 22.9 Å². The van der Waals surface area contributed by atoms with Crippen molar-refractivity contribution in [2.24, 2.45) is 0 Å². The Morgan fingerprint density at radius 2 is 2.22 bits per heavy atom. The summed E-state index contributed by atoms with van der Waals surface area (Å²) in [4.78, 5) is 26.2. The molecule has 0 amide bonds. The fourth-order valence-electron chi connectivity index (χ4n) is 1.63. The number of H-pyrrole nitrogens is 1. The highest BCUT2D eigenvalue weighted by Crippen LogP contribution is 2.17. The third-order valence-corrected chi connectivity index (χ3v) is 3.82. The van der Waals surface area contributed by atoms with Crippen molar-refractivity contribution in [3.63, 3.8) is 0 Å². The van der Waals surface area contributed by atoms with E-state index in [4.69, 9.17) is 11.6 Å². The van der Waals surface area contributed by atoms with Gasteiger partial charge in [-0.3, -0.25) is 14.3 Å². The zero-order valence-corrected chi connectivity index (χ0v) is 11.1. The average Bonchev–Trinajstić information content (AvgIpc) is 2.79. The summed E-state index contributed by atoms with van der Waals surface area (Å²) in [6.45, 7) is 2.03. The molecule has 0 saturated heterocycles.